The van der Waals surface area contributed by atoms with Gasteiger partial charge in [0.2, 0.25) is 5.76 Å². The van der Waals surface area contributed by atoms with E-state index >= 15 is 0 Å². The first-order valence-electron chi connectivity index (χ1n) is 49.7. The van der Waals surface area contributed by atoms with Crippen molar-refractivity contribution in [3.05, 3.63) is 366 Å². The minimum Gasteiger partial charge on any atom is -0.467 e. The summed E-state index contributed by atoms with van der Waals surface area (Å²) in [4.78, 5) is 71.6. The third-order valence-corrected chi connectivity index (χ3v) is 28.3. The second-order valence-corrected chi connectivity index (χ2v) is 38.5. The number of benzene rings is 8. The van der Waals surface area contributed by atoms with Gasteiger partial charge in [0, 0.05) is 184 Å². The number of amides is 8. The summed E-state index contributed by atoms with van der Waals surface area (Å²) >= 11 is 1.48. The summed E-state index contributed by atoms with van der Waals surface area (Å²) in [7, 11) is 7.21. The second-order valence-electron chi connectivity index (χ2n) is 37.7. The van der Waals surface area contributed by atoms with E-state index in [0.29, 0.717) is 65.6 Å². The molecular formula is C115H120N22O9S. The molecule has 4 aliphatic carbocycles. The summed E-state index contributed by atoms with van der Waals surface area (Å²) in [5.74, 6) is 4.09. The number of aryl methyl sites for hydroxylation is 4. The Morgan fingerprint density at radius 2 is 0.850 bits per heavy atom. The van der Waals surface area contributed by atoms with E-state index in [1.807, 2.05) is 258 Å². The molecule has 8 aromatic carbocycles. The van der Waals surface area contributed by atoms with Crippen molar-refractivity contribution < 1.29 is 42.5 Å². The molecular weight excluding hydrogens is 1870 g/mol. The van der Waals surface area contributed by atoms with Crippen molar-refractivity contribution in [3.8, 4) is 73.6 Å². The van der Waals surface area contributed by atoms with E-state index in [0.717, 1.165) is 154 Å². The lowest BCUT2D eigenvalue weighted by molar-refractivity contribution is 0.158. The second kappa shape index (κ2) is 47.7. The molecule has 31 nitrogen and oxygen atoms in total. The summed E-state index contributed by atoms with van der Waals surface area (Å²) in [6.45, 7) is 9.29. The molecule has 8 N–H and O–H groups in total. The fraction of sp³-hybridized carbons (Fsp3) is 0.278. The van der Waals surface area contributed by atoms with Gasteiger partial charge in [0.1, 0.15) is 52.8 Å². The highest BCUT2D eigenvalue weighted by atomic mass is 32.1. The Balaban J connectivity index is 0.000000129. The number of aromatic nitrogens is 13. The Morgan fingerprint density at radius 3 is 1.27 bits per heavy atom. The average Bonchev–Trinajstić information content (AvgIpc) is 1.62. The number of nitriles is 1. The summed E-state index contributed by atoms with van der Waals surface area (Å²) in [6, 6.07) is 86.6. The molecule has 0 radical (unpaired) electrons. The molecule has 21 rings (SSSR count). The van der Waals surface area contributed by atoms with Crippen LogP contribution in [0.1, 0.15) is 138 Å². The zero-order valence-electron chi connectivity index (χ0n) is 83.3. The number of hydrogen-bond acceptors (Lipinski definition) is 19. The molecule has 32 heteroatoms. The zero-order valence-corrected chi connectivity index (χ0v) is 84.1. The Bertz CT molecular complexity index is 7270. The Kier molecular flexibility index (Phi) is 32.6. The molecule has 9 aromatic heterocycles. The Morgan fingerprint density at radius 1 is 0.435 bits per heavy atom. The third-order valence-electron chi connectivity index (χ3n) is 27.6. The van der Waals surface area contributed by atoms with Crippen LogP contribution in [0.15, 0.2) is 320 Å². The molecule has 147 heavy (non-hydrogen) atoms. The van der Waals surface area contributed by atoms with Gasteiger partial charge in [0.25, 0.3) is 11.1 Å². The minimum atomic E-state index is -0.334. The number of nitrogens with one attached hydrogen (secondary N) is 8. The molecule has 12 atom stereocenters. The molecule has 0 unspecified atom stereocenters. The maximum atomic E-state index is 13.6. The molecule has 0 spiro atoms. The summed E-state index contributed by atoms with van der Waals surface area (Å²) < 4.78 is 37.2. The Hall–Kier alpha value is -16.6. The van der Waals surface area contributed by atoms with Crippen LogP contribution >= 0.6 is 11.3 Å². The molecule has 9 heterocycles. The van der Waals surface area contributed by atoms with Crippen molar-refractivity contribution in [2.45, 2.75) is 152 Å². The van der Waals surface area contributed by atoms with E-state index < -0.39 is 0 Å². The van der Waals surface area contributed by atoms with E-state index in [1.165, 1.54) is 28.0 Å². The number of nitrogens with zero attached hydrogens (tertiary/aromatic N) is 14. The number of urea groups is 4. The number of furan rings is 1. The number of thiazole rings is 1. The summed E-state index contributed by atoms with van der Waals surface area (Å²) in [5.41, 5.74) is 18.1. The zero-order chi connectivity index (χ0) is 102. The number of methoxy groups -OCH3 is 2. The topological polar surface area (TPSA) is 366 Å². The number of carbonyl (C=O) groups is 4. The van der Waals surface area contributed by atoms with E-state index in [1.54, 1.807) is 69.9 Å². The highest BCUT2D eigenvalue weighted by Gasteiger charge is 2.42. The lowest BCUT2D eigenvalue weighted by Crippen LogP contribution is -2.40. The van der Waals surface area contributed by atoms with Gasteiger partial charge in [-0.25, -0.2) is 38.5 Å². The molecule has 17 aromatic rings. The SMILES string of the molecule is COCC[C@@H]1C[C@@H](NC(=O)Nc2c(-c3ccccc3)nc3c(C)nccn23)[C@H](c2ccccc2)C1.COCC[C@@H]1C[C@@H](NC(=O)Nc2cc(C)cnc2-c2ccccc2)[C@H](c2ccccc2)C1.Cc1c(-c2cnn(C)c2)nn(-c2ccccc2)c1NC(=O)N[C@@H]1C[C@@H](Oc2ccc(C#N)o2)C[C@H]1c1ccccc1.Cc1c(-c2cnn(C)c2)nn(-c2ccccc2)c1NC(=O)N[C@@H]1C[C@@H](Oc2nccs2)C[C@H]1c1ccccc1. The first-order chi connectivity index (χ1) is 71.8. The fourth-order valence-electron chi connectivity index (χ4n) is 20.6. The molecule has 0 aliphatic heterocycles. The Labute approximate surface area is 858 Å². The molecule has 0 saturated heterocycles. The van der Waals surface area contributed by atoms with Crippen LogP contribution in [0.2, 0.25) is 0 Å². The van der Waals surface area contributed by atoms with Gasteiger partial charge in [-0.1, -0.05) is 230 Å². The third kappa shape index (κ3) is 24.9. The van der Waals surface area contributed by atoms with E-state index in [4.69, 9.17) is 43.8 Å². The number of pyridine rings is 1. The molecule has 0 bridgehead atoms. The van der Waals surface area contributed by atoms with Gasteiger partial charge < -0.3 is 49.9 Å². The van der Waals surface area contributed by atoms with E-state index in [9.17, 15) is 19.2 Å². The van der Waals surface area contributed by atoms with Crippen LogP contribution in [-0.2, 0) is 23.6 Å². The van der Waals surface area contributed by atoms with Crippen LogP contribution in [0.3, 0.4) is 0 Å². The van der Waals surface area contributed by atoms with E-state index in [-0.39, 0.29) is 84.0 Å². The highest BCUT2D eigenvalue weighted by molar-refractivity contribution is 7.11. The minimum absolute atomic E-state index is 0.0310. The van der Waals surface area contributed by atoms with Crippen LogP contribution in [0.5, 0.6) is 11.1 Å². The predicted octanol–water partition coefficient (Wildman–Crippen LogP) is 22.3. The van der Waals surface area contributed by atoms with Crippen LogP contribution in [0.25, 0.3) is 62.1 Å². The summed E-state index contributed by atoms with van der Waals surface area (Å²) in [6.07, 6.45) is 23.0. The average molecular weight is 1990 g/mol. The van der Waals surface area contributed by atoms with Gasteiger partial charge in [-0.15, -0.1) is 0 Å². The smallest absolute Gasteiger partial charge is 0.320 e. The van der Waals surface area contributed by atoms with Gasteiger partial charge in [-0.05, 0) is 155 Å². The first-order valence-corrected chi connectivity index (χ1v) is 50.6. The number of ether oxygens (including phenoxy) is 4. The predicted molar refractivity (Wildman–Crippen MR) is 570 cm³/mol. The molecule has 8 amide bonds. The van der Waals surface area contributed by atoms with Gasteiger partial charge >= 0.3 is 24.1 Å². The maximum Gasteiger partial charge on any atom is 0.320 e. The largest absolute Gasteiger partial charge is 0.467 e. The molecule has 750 valence electrons. The van der Waals surface area contributed by atoms with Gasteiger partial charge in [0.05, 0.1) is 40.8 Å². The summed E-state index contributed by atoms with van der Waals surface area (Å²) in [5, 5.41) is 55.3. The maximum absolute atomic E-state index is 13.6. The van der Waals surface area contributed by atoms with Crippen LogP contribution in [0.4, 0.5) is 42.3 Å². The van der Waals surface area contributed by atoms with Crippen molar-refractivity contribution in [3.63, 3.8) is 0 Å². The van der Waals surface area contributed by atoms with Crippen molar-refractivity contribution in [2.75, 3.05) is 48.7 Å². The van der Waals surface area contributed by atoms with Crippen LogP contribution in [-0.4, -0.2) is 151 Å². The van der Waals surface area contributed by atoms with Gasteiger partial charge in [-0.2, -0.15) is 25.7 Å². The molecule has 4 fully saturated rings. The highest BCUT2D eigenvalue weighted by Crippen LogP contribution is 2.45. The number of carbonyl (C=O) groups excluding carboxylic acids is 4. The molecule has 4 saturated carbocycles. The van der Waals surface area contributed by atoms with Crippen LogP contribution in [0, 0.1) is 50.9 Å². The number of para-hydroxylation sites is 2. The van der Waals surface area contributed by atoms with Gasteiger partial charge in [-0.3, -0.25) is 39.7 Å². The first kappa shape index (κ1) is 100. The van der Waals surface area contributed by atoms with Gasteiger partial charge in [0.15, 0.2) is 5.65 Å². The van der Waals surface area contributed by atoms with Crippen molar-refractivity contribution in [2.24, 2.45) is 25.9 Å². The number of imidazole rings is 1. The number of hydrogen-bond donors (Lipinski definition) is 8. The number of anilines is 4. The van der Waals surface area contributed by atoms with E-state index in [2.05, 4.69) is 140 Å². The van der Waals surface area contributed by atoms with Crippen LogP contribution < -0.4 is 52.0 Å². The lowest BCUT2D eigenvalue weighted by atomic mass is 9.93. The normalized spacial score (nSPS) is 19.1. The lowest BCUT2D eigenvalue weighted by Gasteiger charge is -2.22. The van der Waals surface area contributed by atoms with Crippen molar-refractivity contribution >= 4 is 64.2 Å². The quantitative estimate of drug-likeness (QED) is 0.0226. The number of rotatable bonds is 28. The van der Waals surface area contributed by atoms with Crippen molar-refractivity contribution in [1.82, 2.24) is 84.7 Å². The van der Waals surface area contributed by atoms with Crippen molar-refractivity contribution in [1.29, 1.82) is 5.26 Å². The monoisotopic (exact) mass is 1980 g/mol. The standard InChI is InChI=1S/C31H29N7O3.C29H29N7O2S.C28H31N5O2.C27H31N3O2/c1-20-29(22-18-33-37(2)19-22)36-38(23-11-7-4-8-12-23)30(20)35-31(39)34-27-16-25(41-28-14-13-24(17-32)40-28)15-26(27)21-9-5-3-6-10-21;1-19-26(21-17-31-35(2)18-21)34-36(22-11-7-4-8-12-22)27(19)33-28(37)32-25-16-23(38-29-30-13-14-39-29)15-24(25)20-9-5-3-6-10-20;1-19-26-31-25(22-11-7-4-8-12-22)27(33(26)15-14-29-19)32-28(34)30-24-18-20(13-16-35-2)17-23(24)21-9-5-3-6-10-21;1-19-15-25(26(28-18-19)22-11-7-4-8-12-22)30-27(31)29-24-17-20(13-14-32-2)16-23(24)21-9-5-3-6-10-21/h3-14,18-19,25-27H,15-16H2,1-2H3,(H2,34,35,39);3-14,17-18,23-25H,15-16H2,1-2H3,(H2,32,33,37);3-12,14-15,20,23-24H,13,16-18H2,1-2H3,(H2,30,32,34);3-12,15,18,20,23-24H,13-14,16-17H2,1-2H3,(H2,29,30,31)/t25-,26-,27+;23-,24-,25+;2*20-,23-,24+/m0000/s1. The fourth-order valence-corrected chi connectivity index (χ4v) is 21.2. The molecule has 4 aliphatic rings. The number of fused-ring (bicyclic) bond motifs is 1.